The number of aryl methyl sites for hydroxylation is 1. The van der Waals surface area contributed by atoms with Crippen molar-refractivity contribution in [2.24, 2.45) is 0 Å². The zero-order valence-corrected chi connectivity index (χ0v) is 13.9. The molecule has 0 bridgehead atoms. The first-order valence-electron chi connectivity index (χ1n) is 8.04. The van der Waals surface area contributed by atoms with Gasteiger partial charge in [-0.05, 0) is 30.7 Å². The maximum atomic E-state index is 12.0. The Morgan fingerprint density at radius 3 is 2.72 bits per heavy atom. The summed E-state index contributed by atoms with van der Waals surface area (Å²) in [5.74, 6) is 0.438. The molecular weight excluding hydrogens is 322 g/mol. The fourth-order valence-corrected chi connectivity index (χ4v) is 2.46. The van der Waals surface area contributed by atoms with E-state index in [2.05, 4.69) is 5.32 Å². The van der Waals surface area contributed by atoms with Gasteiger partial charge in [-0.25, -0.2) is 0 Å². The number of amides is 1. The summed E-state index contributed by atoms with van der Waals surface area (Å²) >= 11 is 0. The number of nitrogens with one attached hydrogen (secondary N) is 1. The van der Waals surface area contributed by atoms with Crippen LogP contribution in [0.4, 0.5) is 5.69 Å². The van der Waals surface area contributed by atoms with E-state index in [9.17, 15) is 9.59 Å². The van der Waals surface area contributed by atoms with Crippen LogP contribution in [-0.4, -0.2) is 31.2 Å². The fraction of sp³-hybridized carbons (Fsp3) is 0.263. The summed E-state index contributed by atoms with van der Waals surface area (Å²) in [6.07, 6.45) is -1.04. The number of ether oxygens (including phenoxy) is 3. The maximum absolute atomic E-state index is 12.0. The number of benzene rings is 2. The maximum Gasteiger partial charge on any atom is 0.310 e. The predicted molar refractivity (Wildman–Crippen MR) is 91.7 cm³/mol. The van der Waals surface area contributed by atoms with Crippen molar-refractivity contribution < 1.29 is 23.8 Å². The van der Waals surface area contributed by atoms with Crippen molar-refractivity contribution >= 4 is 17.6 Å². The Hall–Kier alpha value is -3.02. The quantitative estimate of drug-likeness (QED) is 0.646. The Balaban J connectivity index is 1.44. The van der Waals surface area contributed by atoms with Crippen LogP contribution in [0.15, 0.2) is 48.5 Å². The van der Waals surface area contributed by atoms with Gasteiger partial charge < -0.3 is 19.5 Å². The molecule has 2 aromatic rings. The lowest BCUT2D eigenvalue weighted by molar-refractivity contribution is -0.148. The molecule has 2 aromatic carbocycles. The van der Waals surface area contributed by atoms with Gasteiger partial charge >= 0.3 is 5.97 Å². The van der Waals surface area contributed by atoms with Crippen LogP contribution in [0.3, 0.4) is 0 Å². The molecule has 0 fully saturated rings. The molecule has 0 aliphatic carbocycles. The molecule has 130 valence electrons. The summed E-state index contributed by atoms with van der Waals surface area (Å²) in [6, 6.07) is 14.7. The van der Waals surface area contributed by atoms with Crippen molar-refractivity contribution in [1.29, 1.82) is 0 Å². The van der Waals surface area contributed by atoms with Crippen LogP contribution in [0.1, 0.15) is 12.0 Å². The lowest BCUT2D eigenvalue weighted by Crippen LogP contribution is -2.39. The van der Waals surface area contributed by atoms with E-state index in [4.69, 9.17) is 14.2 Å². The van der Waals surface area contributed by atoms with Gasteiger partial charge in [0.1, 0.15) is 24.7 Å². The fourth-order valence-electron chi connectivity index (χ4n) is 2.46. The Bertz CT molecular complexity index is 774. The van der Waals surface area contributed by atoms with E-state index in [1.54, 1.807) is 24.3 Å². The molecule has 6 heteroatoms. The summed E-state index contributed by atoms with van der Waals surface area (Å²) in [6.45, 7) is 2.30. The van der Waals surface area contributed by atoms with Crippen LogP contribution in [0.2, 0.25) is 0 Å². The van der Waals surface area contributed by atoms with Gasteiger partial charge in [0, 0.05) is 0 Å². The third-order valence-electron chi connectivity index (χ3n) is 3.76. The largest absolute Gasteiger partial charge is 0.490 e. The average molecular weight is 341 g/mol. The van der Waals surface area contributed by atoms with E-state index in [0.29, 0.717) is 11.4 Å². The van der Waals surface area contributed by atoms with E-state index in [0.717, 1.165) is 11.3 Å². The first-order valence-corrected chi connectivity index (χ1v) is 8.04. The van der Waals surface area contributed by atoms with E-state index in [1.165, 1.54) is 0 Å². The molecule has 0 saturated carbocycles. The minimum absolute atomic E-state index is 0.109. The average Bonchev–Trinajstić information content (AvgIpc) is 2.61. The van der Waals surface area contributed by atoms with E-state index in [1.807, 2.05) is 31.2 Å². The third-order valence-corrected chi connectivity index (χ3v) is 3.76. The molecule has 1 aliphatic heterocycles. The number of hydrogen-bond acceptors (Lipinski definition) is 5. The minimum Gasteiger partial charge on any atom is -0.490 e. The molecule has 3 rings (SSSR count). The third kappa shape index (κ3) is 4.29. The number of carbonyl (C=O) groups excluding carboxylic acids is 2. The summed E-state index contributed by atoms with van der Waals surface area (Å²) in [5.41, 5.74) is 1.61. The monoisotopic (exact) mass is 341 g/mol. The van der Waals surface area contributed by atoms with Gasteiger partial charge in [-0.3, -0.25) is 9.59 Å². The molecule has 1 atom stereocenters. The topological polar surface area (TPSA) is 73.9 Å². The molecule has 1 N–H and O–H groups in total. The van der Waals surface area contributed by atoms with Crippen molar-refractivity contribution in [3.05, 3.63) is 54.1 Å². The molecule has 1 amide bonds. The number of fused-ring (bicyclic) bond motifs is 1. The number of esters is 1. The highest BCUT2D eigenvalue weighted by molar-refractivity contribution is 5.99. The predicted octanol–water partition coefficient (Wildman–Crippen LogP) is 2.71. The van der Waals surface area contributed by atoms with Gasteiger partial charge in [-0.2, -0.15) is 0 Å². The molecule has 6 nitrogen and oxygen atoms in total. The van der Waals surface area contributed by atoms with Crippen LogP contribution < -0.4 is 14.8 Å². The van der Waals surface area contributed by atoms with Gasteiger partial charge in [0.25, 0.3) is 5.91 Å². The number of rotatable bonds is 6. The molecular formula is C19H19NO5. The summed E-state index contributed by atoms with van der Waals surface area (Å²) in [7, 11) is 0. The smallest absolute Gasteiger partial charge is 0.310 e. The van der Waals surface area contributed by atoms with Crippen LogP contribution in [0.25, 0.3) is 0 Å². The van der Waals surface area contributed by atoms with E-state index < -0.39 is 12.1 Å². The van der Waals surface area contributed by atoms with Crippen molar-refractivity contribution in [2.75, 3.05) is 18.5 Å². The summed E-state index contributed by atoms with van der Waals surface area (Å²) in [4.78, 5) is 23.9. The highest BCUT2D eigenvalue weighted by atomic mass is 16.6. The SMILES string of the molecule is Cc1ccccc1OCCOC(=O)C[C@@H]1Oc2ccccc2NC1=O. The van der Waals surface area contributed by atoms with Crippen LogP contribution in [0.5, 0.6) is 11.5 Å². The highest BCUT2D eigenvalue weighted by Crippen LogP contribution is 2.29. The van der Waals surface area contributed by atoms with Gasteiger partial charge in [-0.1, -0.05) is 30.3 Å². The summed E-state index contributed by atoms with van der Waals surface area (Å²) < 4.78 is 16.2. The standard InChI is InChI=1S/C19H19NO5/c1-13-6-2-4-8-15(13)23-10-11-24-18(21)12-17-19(22)20-14-7-3-5-9-16(14)25-17/h2-9,17H,10-12H2,1H3,(H,20,22)/t17-/m0/s1. The number of para-hydroxylation sites is 3. The van der Waals surface area contributed by atoms with Crippen molar-refractivity contribution in [2.45, 2.75) is 19.4 Å². The molecule has 0 radical (unpaired) electrons. The molecule has 0 spiro atoms. The van der Waals surface area contributed by atoms with E-state index >= 15 is 0 Å². The molecule has 0 unspecified atom stereocenters. The Kier molecular flexibility index (Phi) is 5.18. The van der Waals surface area contributed by atoms with Gasteiger partial charge in [0.05, 0.1) is 12.1 Å². The van der Waals surface area contributed by atoms with Crippen molar-refractivity contribution in [1.82, 2.24) is 0 Å². The number of hydrogen-bond donors (Lipinski definition) is 1. The van der Waals surface area contributed by atoms with Gasteiger partial charge in [-0.15, -0.1) is 0 Å². The van der Waals surface area contributed by atoms with Crippen LogP contribution in [-0.2, 0) is 14.3 Å². The second kappa shape index (κ2) is 7.70. The molecule has 0 saturated heterocycles. The van der Waals surface area contributed by atoms with Crippen LogP contribution >= 0.6 is 0 Å². The number of carbonyl (C=O) groups is 2. The number of anilines is 1. The lowest BCUT2D eigenvalue weighted by Gasteiger charge is -2.25. The summed E-state index contributed by atoms with van der Waals surface area (Å²) in [5, 5.41) is 2.71. The zero-order chi connectivity index (χ0) is 17.6. The lowest BCUT2D eigenvalue weighted by atomic mass is 10.1. The molecule has 0 aromatic heterocycles. The first kappa shape index (κ1) is 16.8. The first-order chi connectivity index (χ1) is 12.1. The second-order valence-electron chi connectivity index (χ2n) is 5.63. The second-order valence-corrected chi connectivity index (χ2v) is 5.63. The molecule has 1 aliphatic rings. The normalized spacial score (nSPS) is 15.6. The molecule has 25 heavy (non-hydrogen) atoms. The van der Waals surface area contributed by atoms with Gasteiger partial charge in [0.2, 0.25) is 0 Å². The highest BCUT2D eigenvalue weighted by Gasteiger charge is 2.30. The Morgan fingerprint density at radius 1 is 1.12 bits per heavy atom. The molecule has 1 heterocycles. The van der Waals surface area contributed by atoms with Crippen molar-refractivity contribution in [3.8, 4) is 11.5 Å². The Labute approximate surface area is 145 Å². The van der Waals surface area contributed by atoms with Crippen molar-refractivity contribution in [3.63, 3.8) is 0 Å². The minimum atomic E-state index is -0.889. The zero-order valence-electron chi connectivity index (χ0n) is 13.9. The van der Waals surface area contributed by atoms with E-state index in [-0.39, 0.29) is 25.5 Å². The Morgan fingerprint density at radius 2 is 1.88 bits per heavy atom. The van der Waals surface area contributed by atoms with Crippen LogP contribution in [0, 0.1) is 6.92 Å². The van der Waals surface area contributed by atoms with Gasteiger partial charge in [0.15, 0.2) is 6.10 Å².